The maximum Gasteiger partial charge on any atom is 0.225 e. The quantitative estimate of drug-likeness (QED) is 0.841. The highest BCUT2D eigenvalue weighted by molar-refractivity contribution is 6.28. The van der Waals surface area contributed by atoms with E-state index in [0.717, 1.165) is 5.82 Å². The van der Waals surface area contributed by atoms with Crippen molar-refractivity contribution < 1.29 is 4.39 Å². The highest BCUT2D eigenvalue weighted by Crippen LogP contribution is 2.19. The van der Waals surface area contributed by atoms with Gasteiger partial charge in [0.25, 0.3) is 0 Å². The molecule has 90 valence electrons. The minimum Gasteiger partial charge on any atom is -0.297 e. The van der Waals surface area contributed by atoms with Gasteiger partial charge in [-0.05, 0) is 17.7 Å². The molecule has 0 unspecified atom stereocenters. The molecule has 0 amide bonds. The molecule has 0 aliphatic heterocycles. The third-order valence-corrected chi connectivity index (χ3v) is 2.82. The first-order chi connectivity index (χ1) is 8.09. The van der Waals surface area contributed by atoms with Crippen LogP contribution in [0.15, 0.2) is 24.3 Å². The lowest BCUT2D eigenvalue weighted by Crippen LogP contribution is -2.08. The van der Waals surface area contributed by atoms with Crippen LogP contribution in [0.1, 0.15) is 31.2 Å². The molecule has 2 aromatic rings. The molecule has 0 bridgehead atoms. The van der Waals surface area contributed by atoms with Crippen molar-refractivity contribution in [2.75, 3.05) is 0 Å². The molecule has 1 heterocycles. The van der Waals surface area contributed by atoms with Crippen molar-refractivity contribution in [1.82, 2.24) is 14.8 Å². The van der Waals surface area contributed by atoms with Crippen LogP contribution in [0.4, 0.5) is 4.39 Å². The molecule has 2 rings (SSSR count). The van der Waals surface area contributed by atoms with Crippen molar-refractivity contribution in [3.8, 4) is 0 Å². The zero-order valence-corrected chi connectivity index (χ0v) is 10.4. The number of aromatic nitrogens is 3. The van der Waals surface area contributed by atoms with Gasteiger partial charge in [-0.1, -0.05) is 32.0 Å². The van der Waals surface area contributed by atoms with Crippen molar-refractivity contribution in [3.05, 3.63) is 46.8 Å². The molecule has 0 saturated heterocycles. The normalized spacial score (nSPS) is 11.1. The largest absolute Gasteiger partial charge is 0.297 e. The van der Waals surface area contributed by atoms with Gasteiger partial charge in [0.1, 0.15) is 11.6 Å². The zero-order chi connectivity index (χ0) is 12.4. The Morgan fingerprint density at radius 2 is 2.00 bits per heavy atom. The van der Waals surface area contributed by atoms with Crippen molar-refractivity contribution in [1.29, 1.82) is 0 Å². The molecular formula is C12H13ClFN3. The summed E-state index contributed by atoms with van der Waals surface area (Å²) in [7, 11) is 0. The summed E-state index contributed by atoms with van der Waals surface area (Å²) < 4.78 is 15.3. The molecule has 0 aliphatic carbocycles. The van der Waals surface area contributed by atoms with E-state index >= 15 is 0 Å². The smallest absolute Gasteiger partial charge is 0.225 e. The zero-order valence-electron chi connectivity index (χ0n) is 9.69. The van der Waals surface area contributed by atoms with Gasteiger partial charge in [0.2, 0.25) is 5.28 Å². The van der Waals surface area contributed by atoms with Crippen LogP contribution in [0.25, 0.3) is 0 Å². The summed E-state index contributed by atoms with van der Waals surface area (Å²) in [4.78, 5) is 0. The average Bonchev–Trinajstić information content (AvgIpc) is 2.64. The molecule has 1 aromatic heterocycles. The molecule has 17 heavy (non-hydrogen) atoms. The summed E-state index contributed by atoms with van der Waals surface area (Å²) in [6.45, 7) is 4.35. The lowest BCUT2D eigenvalue weighted by Gasteiger charge is -2.10. The number of halogens is 2. The lowest BCUT2D eigenvalue weighted by molar-refractivity contribution is 0.588. The maximum atomic E-state index is 13.5. The summed E-state index contributed by atoms with van der Waals surface area (Å²) in [5, 5.41) is 8.11. The minimum absolute atomic E-state index is 0.196. The van der Waals surface area contributed by atoms with Gasteiger partial charge < -0.3 is 0 Å². The lowest BCUT2D eigenvalue weighted by atomic mass is 10.2. The first-order valence-corrected chi connectivity index (χ1v) is 5.79. The van der Waals surface area contributed by atoms with Crippen LogP contribution >= 0.6 is 11.6 Å². The highest BCUT2D eigenvalue weighted by Gasteiger charge is 2.14. The topological polar surface area (TPSA) is 30.7 Å². The first-order valence-electron chi connectivity index (χ1n) is 5.41. The van der Waals surface area contributed by atoms with Crippen LogP contribution < -0.4 is 0 Å². The Morgan fingerprint density at radius 1 is 1.29 bits per heavy atom. The molecule has 0 aliphatic rings. The molecule has 0 fully saturated rings. The predicted molar refractivity (Wildman–Crippen MR) is 64.6 cm³/mol. The van der Waals surface area contributed by atoms with Crippen LogP contribution in [0.2, 0.25) is 5.28 Å². The van der Waals surface area contributed by atoms with E-state index in [1.807, 2.05) is 13.8 Å². The number of rotatable bonds is 3. The van der Waals surface area contributed by atoms with E-state index in [0.29, 0.717) is 12.1 Å². The van der Waals surface area contributed by atoms with Crippen molar-refractivity contribution in [2.24, 2.45) is 0 Å². The first kappa shape index (κ1) is 12.0. The SMILES string of the molecule is CC(C)c1nnc(Cl)n1Cc1ccccc1F. The van der Waals surface area contributed by atoms with Crippen LogP contribution in [0, 0.1) is 5.82 Å². The Morgan fingerprint density at radius 3 is 2.65 bits per heavy atom. The molecule has 3 nitrogen and oxygen atoms in total. The summed E-state index contributed by atoms with van der Waals surface area (Å²) in [6.07, 6.45) is 0. The Balaban J connectivity index is 2.36. The van der Waals surface area contributed by atoms with Gasteiger partial charge in [-0.3, -0.25) is 4.57 Å². The molecular weight excluding hydrogens is 241 g/mol. The van der Waals surface area contributed by atoms with Gasteiger partial charge in [-0.25, -0.2) is 4.39 Å². The second-order valence-electron chi connectivity index (χ2n) is 4.16. The molecule has 0 atom stereocenters. The van der Waals surface area contributed by atoms with Gasteiger partial charge in [0.15, 0.2) is 0 Å². The summed E-state index contributed by atoms with van der Waals surface area (Å²) >= 11 is 5.96. The van der Waals surface area contributed by atoms with E-state index in [9.17, 15) is 4.39 Å². The highest BCUT2D eigenvalue weighted by atomic mass is 35.5. The van der Waals surface area contributed by atoms with Crippen LogP contribution in [0.5, 0.6) is 0 Å². The van der Waals surface area contributed by atoms with Gasteiger partial charge in [0, 0.05) is 11.5 Å². The Kier molecular flexibility index (Phi) is 3.43. The average molecular weight is 254 g/mol. The van der Waals surface area contributed by atoms with E-state index in [-0.39, 0.29) is 17.0 Å². The van der Waals surface area contributed by atoms with Gasteiger partial charge in [-0.2, -0.15) is 0 Å². The van der Waals surface area contributed by atoms with Crippen molar-refractivity contribution in [2.45, 2.75) is 26.3 Å². The van der Waals surface area contributed by atoms with Gasteiger partial charge >= 0.3 is 0 Å². The number of benzene rings is 1. The fourth-order valence-electron chi connectivity index (χ4n) is 1.67. The van der Waals surface area contributed by atoms with Crippen molar-refractivity contribution in [3.63, 3.8) is 0 Å². The second-order valence-corrected chi connectivity index (χ2v) is 4.50. The van der Waals surface area contributed by atoms with E-state index in [4.69, 9.17) is 11.6 Å². The summed E-state index contributed by atoms with van der Waals surface area (Å²) in [5.74, 6) is 0.715. The Labute approximate surface area is 104 Å². The standard InChI is InChI=1S/C12H13ClFN3/c1-8(2)11-15-16-12(13)17(11)7-9-5-3-4-6-10(9)14/h3-6,8H,7H2,1-2H3. The van der Waals surface area contributed by atoms with E-state index in [2.05, 4.69) is 10.2 Å². The summed E-state index contributed by atoms with van der Waals surface area (Å²) in [5.41, 5.74) is 0.580. The molecule has 1 aromatic carbocycles. The Bertz CT molecular complexity index is 522. The Hall–Kier alpha value is -1.42. The maximum absolute atomic E-state index is 13.5. The van der Waals surface area contributed by atoms with Gasteiger partial charge in [0.05, 0.1) is 6.54 Å². The fraction of sp³-hybridized carbons (Fsp3) is 0.333. The number of nitrogens with zero attached hydrogens (tertiary/aromatic N) is 3. The van der Waals surface area contributed by atoms with Crippen LogP contribution in [0.3, 0.4) is 0 Å². The number of hydrogen-bond donors (Lipinski definition) is 0. The van der Waals surface area contributed by atoms with Crippen LogP contribution in [-0.4, -0.2) is 14.8 Å². The van der Waals surface area contributed by atoms with E-state index < -0.39 is 0 Å². The fourth-order valence-corrected chi connectivity index (χ4v) is 1.85. The second kappa shape index (κ2) is 4.84. The van der Waals surface area contributed by atoms with Crippen LogP contribution in [-0.2, 0) is 6.54 Å². The third kappa shape index (κ3) is 2.47. The molecule has 0 saturated carbocycles. The van der Waals surface area contributed by atoms with E-state index in [1.54, 1.807) is 22.8 Å². The molecule has 0 radical (unpaired) electrons. The third-order valence-electron chi connectivity index (χ3n) is 2.54. The monoisotopic (exact) mass is 253 g/mol. The minimum atomic E-state index is -0.244. The molecule has 0 N–H and O–H groups in total. The molecule has 5 heteroatoms. The molecule has 0 spiro atoms. The van der Waals surface area contributed by atoms with E-state index in [1.165, 1.54) is 6.07 Å². The van der Waals surface area contributed by atoms with Crippen molar-refractivity contribution >= 4 is 11.6 Å². The predicted octanol–water partition coefficient (Wildman–Crippen LogP) is 3.24. The summed E-state index contributed by atoms with van der Waals surface area (Å²) in [6, 6.07) is 6.63. The number of hydrogen-bond acceptors (Lipinski definition) is 2. The van der Waals surface area contributed by atoms with Gasteiger partial charge in [-0.15, -0.1) is 10.2 Å².